The fraction of sp³-hybridized carbons (Fsp3) is 0.647. The number of hydrogen-bond acceptors (Lipinski definition) is 3. The molecule has 1 N–H and O–H groups in total. The normalized spacial score (nSPS) is 19.4. The molecule has 0 fully saturated rings. The summed E-state index contributed by atoms with van der Waals surface area (Å²) in [5, 5.41) is 9.83. The molecule has 0 saturated carbocycles. The van der Waals surface area contributed by atoms with Gasteiger partial charge in [-0.1, -0.05) is 26.8 Å². The van der Waals surface area contributed by atoms with Crippen LogP contribution in [0.1, 0.15) is 44.4 Å². The minimum atomic E-state index is -1.69. The zero-order chi connectivity index (χ0) is 15.7. The second kappa shape index (κ2) is 6.11. The van der Waals surface area contributed by atoms with E-state index >= 15 is 0 Å². The van der Waals surface area contributed by atoms with E-state index in [9.17, 15) is 5.11 Å². The lowest BCUT2D eigenvalue weighted by Gasteiger charge is -2.37. The SMILES string of the molecule is CC(C)(C)[Si](C)(C)OCC[C@@H]1OCCc2cc(O)ccc21. The molecule has 0 amide bonds. The summed E-state index contributed by atoms with van der Waals surface area (Å²) in [6, 6.07) is 5.59. The molecule has 1 aromatic rings. The van der Waals surface area contributed by atoms with E-state index in [1.807, 2.05) is 12.1 Å². The van der Waals surface area contributed by atoms with Crippen molar-refractivity contribution >= 4 is 8.32 Å². The summed E-state index contributed by atoms with van der Waals surface area (Å²) in [4.78, 5) is 0. The van der Waals surface area contributed by atoms with E-state index in [0.29, 0.717) is 5.75 Å². The molecule has 1 atom stereocenters. The largest absolute Gasteiger partial charge is 0.508 e. The third-order valence-electron chi connectivity index (χ3n) is 4.81. The molecule has 1 aliphatic heterocycles. The zero-order valence-electron chi connectivity index (χ0n) is 13.9. The molecule has 0 unspecified atom stereocenters. The maximum absolute atomic E-state index is 9.59. The van der Waals surface area contributed by atoms with Crippen molar-refractivity contribution in [1.82, 2.24) is 0 Å². The van der Waals surface area contributed by atoms with Crippen molar-refractivity contribution in [1.29, 1.82) is 0 Å². The van der Waals surface area contributed by atoms with Crippen LogP contribution in [0.5, 0.6) is 5.75 Å². The van der Waals surface area contributed by atoms with E-state index in [1.165, 1.54) is 11.1 Å². The number of phenols is 1. The number of rotatable bonds is 4. The Balaban J connectivity index is 1.97. The Morgan fingerprint density at radius 3 is 2.71 bits per heavy atom. The van der Waals surface area contributed by atoms with Crippen LogP contribution in [0, 0.1) is 0 Å². The third kappa shape index (κ3) is 3.87. The highest BCUT2D eigenvalue weighted by Gasteiger charge is 2.37. The van der Waals surface area contributed by atoms with Gasteiger partial charge in [-0.15, -0.1) is 0 Å². The predicted molar refractivity (Wildman–Crippen MR) is 88.3 cm³/mol. The topological polar surface area (TPSA) is 38.7 Å². The second-order valence-electron chi connectivity index (χ2n) is 7.39. The summed E-state index contributed by atoms with van der Waals surface area (Å²) in [5.74, 6) is 0.340. The average molecular weight is 308 g/mol. The van der Waals surface area contributed by atoms with Crippen LogP contribution in [0.15, 0.2) is 18.2 Å². The molecule has 0 aliphatic carbocycles. The number of ether oxygens (including phenoxy) is 1. The lowest BCUT2D eigenvalue weighted by molar-refractivity contribution is 0.0264. The van der Waals surface area contributed by atoms with E-state index in [4.69, 9.17) is 9.16 Å². The second-order valence-corrected chi connectivity index (χ2v) is 12.2. The van der Waals surface area contributed by atoms with Crippen molar-refractivity contribution in [3.63, 3.8) is 0 Å². The number of aromatic hydroxyl groups is 1. The van der Waals surface area contributed by atoms with Crippen molar-refractivity contribution in [3.05, 3.63) is 29.3 Å². The van der Waals surface area contributed by atoms with Crippen LogP contribution in [-0.4, -0.2) is 26.6 Å². The summed E-state index contributed by atoms with van der Waals surface area (Å²) in [6.07, 6.45) is 1.85. The highest BCUT2D eigenvalue weighted by Crippen LogP contribution is 2.37. The molecule has 0 radical (unpaired) electrons. The molecule has 4 heteroatoms. The first-order chi connectivity index (χ1) is 9.71. The fourth-order valence-corrected chi connectivity index (χ4v) is 3.46. The van der Waals surface area contributed by atoms with Crippen molar-refractivity contribution in [2.24, 2.45) is 0 Å². The third-order valence-corrected chi connectivity index (χ3v) is 9.35. The quantitative estimate of drug-likeness (QED) is 0.837. The van der Waals surface area contributed by atoms with Crippen molar-refractivity contribution in [2.45, 2.75) is 57.8 Å². The van der Waals surface area contributed by atoms with Gasteiger partial charge >= 0.3 is 0 Å². The van der Waals surface area contributed by atoms with Crippen LogP contribution < -0.4 is 0 Å². The first-order valence-corrected chi connectivity index (χ1v) is 10.7. The van der Waals surface area contributed by atoms with Gasteiger partial charge in [-0.25, -0.2) is 0 Å². The smallest absolute Gasteiger partial charge is 0.191 e. The van der Waals surface area contributed by atoms with Gasteiger partial charge in [0.25, 0.3) is 0 Å². The zero-order valence-corrected chi connectivity index (χ0v) is 14.9. The Labute approximate surface area is 129 Å². The monoisotopic (exact) mass is 308 g/mol. The van der Waals surface area contributed by atoms with Crippen LogP contribution in [-0.2, 0) is 15.6 Å². The van der Waals surface area contributed by atoms with Crippen molar-refractivity contribution in [3.8, 4) is 5.75 Å². The molecule has 1 aliphatic rings. The van der Waals surface area contributed by atoms with Gasteiger partial charge in [0.15, 0.2) is 8.32 Å². The summed E-state index contributed by atoms with van der Waals surface area (Å²) >= 11 is 0. The van der Waals surface area contributed by atoms with Gasteiger partial charge < -0.3 is 14.3 Å². The predicted octanol–water partition coefficient (Wildman–Crippen LogP) is 4.42. The van der Waals surface area contributed by atoms with Crippen molar-refractivity contribution in [2.75, 3.05) is 13.2 Å². The van der Waals surface area contributed by atoms with Crippen LogP contribution in [0.4, 0.5) is 0 Å². The summed E-state index contributed by atoms with van der Waals surface area (Å²) in [7, 11) is -1.69. The fourth-order valence-electron chi connectivity index (χ4n) is 2.40. The standard InChI is InChI=1S/C17H28O3Si/c1-17(2,3)21(4,5)20-11-9-16-15-7-6-14(18)12-13(15)8-10-19-16/h6-7,12,16,18H,8-11H2,1-5H3/t16-/m0/s1. The highest BCUT2D eigenvalue weighted by molar-refractivity contribution is 6.74. The van der Waals surface area contributed by atoms with Gasteiger partial charge in [0.2, 0.25) is 0 Å². The molecular weight excluding hydrogens is 280 g/mol. The molecule has 0 bridgehead atoms. The summed E-state index contributed by atoms with van der Waals surface area (Å²) in [5.41, 5.74) is 2.41. The van der Waals surface area contributed by atoms with Crippen LogP contribution in [0.2, 0.25) is 18.1 Å². The molecule has 0 spiro atoms. The van der Waals surface area contributed by atoms with Crippen LogP contribution in [0.3, 0.4) is 0 Å². The molecule has 0 aromatic heterocycles. The molecule has 0 saturated heterocycles. The molecule has 21 heavy (non-hydrogen) atoms. The van der Waals surface area contributed by atoms with E-state index < -0.39 is 8.32 Å². The maximum Gasteiger partial charge on any atom is 0.191 e. The Bertz CT molecular complexity index is 491. The first kappa shape index (κ1) is 16.5. The summed E-state index contributed by atoms with van der Waals surface area (Å²) in [6.45, 7) is 12.8. The van der Waals surface area contributed by atoms with Crippen LogP contribution >= 0.6 is 0 Å². The molecule has 3 nitrogen and oxygen atoms in total. The Kier molecular flexibility index (Phi) is 4.81. The number of benzene rings is 1. The first-order valence-electron chi connectivity index (χ1n) is 7.78. The Morgan fingerprint density at radius 1 is 1.33 bits per heavy atom. The maximum atomic E-state index is 9.59. The van der Waals surface area contributed by atoms with E-state index in [0.717, 1.165) is 26.1 Å². The Hall–Kier alpha value is -0.843. The summed E-state index contributed by atoms with van der Waals surface area (Å²) < 4.78 is 12.1. The molecule has 1 aromatic carbocycles. The number of hydrogen-bond donors (Lipinski definition) is 1. The van der Waals surface area contributed by atoms with Gasteiger partial charge in [-0.3, -0.25) is 0 Å². The number of phenolic OH excluding ortho intramolecular Hbond substituents is 1. The molecule has 1 heterocycles. The highest BCUT2D eigenvalue weighted by atomic mass is 28.4. The van der Waals surface area contributed by atoms with E-state index in [1.54, 1.807) is 6.07 Å². The molecule has 2 rings (SSSR count). The minimum absolute atomic E-state index is 0.0964. The number of fused-ring (bicyclic) bond motifs is 1. The van der Waals surface area contributed by atoms with E-state index in [2.05, 4.69) is 33.9 Å². The van der Waals surface area contributed by atoms with Gasteiger partial charge in [0, 0.05) is 6.61 Å². The van der Waals surface area contributed by atoms with Crippen molar-refractivity contribution < 1.29 is 14.3 Å². The molecule has 118 valence electrons. The van der Waals surface area contributed by atoms with Crippen LogP contribution in [0.25, 0.3) is 0 Å². The Morgan fingerprint density at radius 2 is 2.05 bits per heavy atom. The van der Waals surface area contributed by atoms with Gasteiger partial charge in [-0.2, -0.15) is 0 Å². The van der Waals surface area contributed by atoms with Gasteiger partial charge in [0.1, 0.15) is 5.75 Å². The molecular formula is C17H28O3Si. The van der Waals surface area contributed by atoms with Gasteiger partial charge in [0.05, 0.1) is 12.7 Å². The minimum Gasteiger partial charge on any atom is -0.508 e. The lowest BCUT2D eigenvalue weighted by atomic mass is 9.96. The van der Waals surface area contributed by atoms with E-state index in [-0.39, 0.29) is 11.1 Å². The lowest BCUT2D eigenvalue weighted by Crippen LogP contribution is -2.41. The van der Waals surface area contributed by atoms with Gasteiger partial charge in [-0.05, 0) is 54.2 Å². The average Bonchev–Trinajstić information content (AvgIpc) is 2.37.